The zero-order valence-electron chi connectivity index (χ0n) is 13.5. The molecule has 1 N–H and O–H groups in total. The molecule has 3 unspecified atom stereocenters. The first-order chi connectivity index (χ1) is 10.2. The van der Waals surface area contributed by atoms with Crippen molar-refractivity contribution in [1.29, 1.82) is 0 Å². The molecule has 1 aromatic heterocycles. The zero-order valence-corrected chi connectivity index (χ0v) is 13.5. The molecule has 1 saturated carbocycles. The fourth-order valence-electron chi connectivity index (χ4n) is 2.83. The van der Waals surface area contributed by atoms with Crippen molar-refractivity contribution in [3.05, 3.63) is 23.9 Å². The molecule has 3 atom stereocenters. The van der Waals surface area contributed by atoms with Gasteiger partial charge in [0.25, 0.3) is 0 Å². The summed E-state index contributed by atoms with van der Waals surface area (Å²) in [6.45, 7) is 5.38. The van der Waals surface area contributed by atoms with Crippen LogP contribution in [0.2, 0.25) is 0 Å². The fraction of sp³-hybridized carbons (Fsp3) is 0.706. The van der Waals surface area contributed by atoms with E-state index in [1.807, 2.05) is 6.20 Å². The van der Waals surface area contributed by atoms with Crippen molar-refractivity contribution in [3.8, 4) is 5.88 Å². The monoisotopic (exact) mass is 292 g/mol. The summed E-state index contributed by atoms with van der Waals surface area (Å²) in [4.78, 5) is 4.36. The van der Waals surface area contributed by atoms with Crippen LogP contribution >= 0.6 is 0 Å². The average Bonchev–Trinajstić information content (AvgIpc) is 2.53. The zero-order chi connectivity index (χ0) is 15.1. The second kappa shape index (κ2) is 8.35. The van der Waals surface area contributed by atoms with Crippen LogP contribution in [0.1, 0.15) is 57.6 Å². The van der Waals surface area contributed by atoms with Gasteiger partial charge in [0.2, 0.25) is 5.88 Å². The number of ether oxygens (including phenoxy) is 2. The van der Waals surface area contributed by atoms with Gasteiger partial charge in [0.1, 0.15) is 6.10 Å². The molecule has 1 heterocycles. The van der Waals surface area contributed by atoms with Gasteiger partial charge in [0.05, 0.1) is 6.10 Å². The van der Waals surface area contributed by atoms with Gasteiger partial charge in [-0.1, -0.05) is 6.92 Å². The molecule has 2 rings (SSSR count). The van der Waals surface area contributed by atoms with Gasteiger partial charge in [-0.25, -0.2) is 4.98 Å². The van der Waals surface area contributed by atoms with Gasteiger partial charge < -0.3 is 14.8 Å². The van der Waals surface area contributed by atoms with Gasteiger partial charge in [-0.05, 0) is 50.8 Å². The van der Waals surface area contributed by atoms with E-state index in [0.29, 0.717) is 12.1 Å². The minimum absolute atomic E-state index is 0.227. The Morgan fingerprint density at radius 2 is 2.19 bits per heavy atom. The molecule has 4 heteroatoms. The summed E-state index contributed by atoms with van der Waals surface area (Å²) in [5.41, 5.74) is 1.23. The Morgan fingerprint density at radius 1 is 1.38 bits per heavy atom. The minimum Gasteiger partial charge on any atom is -0.474 e. The third kappa shape index (κ3) is 4.97. The summed E-state index contributed by atoms with van der Waals surface area (Å²) in [6, 6.07) is 4.44. The first kappa shape index (κ1) is 16.2. The SMILES string of the molecule is CCCNC(C)c1ccnc(OC2CCCC(OC)C2)c1. The van der Waals surface area contributed by atoms with Crippen molar-refractivity contribution < 1.29 is 9.47 Å². The standard InChI is InChI=1S/C17H28N2O2/c1-4-9-18-13(2)14-8-10-19-17(11-14)21-16-7-5-6-15(12-16)20-3/h8,10-11,13,15-16,18H,4-7,9,12H2,1-3H3. The highest BCUT2D eigenvalue weighted by atomic mass is 16.5. The largest absolute Gasteiger partial charge is 0.474 e. The number of aromatic nitrogens is 1. The molecule has 21 heavy (non-hydrogen) atoms. The van der Waals surface area contributed by atoms with Crippen LogP contribution in [0, 0.1) is 0 Å². The van der Waals surface area contributed by atoms with Gasteiger partial charge in [-0.3, -0.25) is 0 Å². The van der Waals surface area contributed by atoms with E-state index in [9.17, 15) is 0 Å². The lowest BCUT2D eigenvalue weighted by molar-refractivity contribution is 0.0195. The van der Waals surface area contributed by atoms with Crippen molar-refractivity contribution in [2.24, 2.45) is 0 Å². The number of pyridine rings is 1. The van der Waals surface area contributed by atoms with E-state index >= 15 is 0 Å². The first-order valence-electron chi connectivity index (χ1n) is 8.11. The second-order valence-electron chi connectivity index (χ2n) is 5.87. The third-order valence-electron chi connectivity index (χ3n) is 4.16. The molecule has 0 spiro atoms. The topological polar surface area (TPSA) is 43.4 Å². The van der Waals surface area contributed by atoms with Gasteiger partial charge in [-0.2, -0.15) is 0 Å². The Labute approximate surface area is 128 Å². The molecular formula is C17H28N2O2. The molecule has 1 aromatic rings. The highest BCUT2D eigenvalue weighted by molar-refractivity contribution is 5.23. The van der Waals surface area contributed by atoms with E-state index in [4.69, 9.17) is 9.47 Å². The van der Waals surface area contributed by atoms with E-state index in [1.165, 1.54) is 5.56 Å². The molecule has 1 fully saturated rings. The molecular weight excluding hydrogens is 264 g/mol. The van der Waals surface area contributed by atoms with Gasteiger partial charge in [0, 0.05) is 31.8 Å². The summed E-state index contributed by atoms with van der Waals surface area (Å²) >= 11 is 0. The van der Waals surface area contributed by atoms with Gasteiger partial charge in [0.15, 0.2) is 0 Å². The Bertz CT molecular complexity index is 425. The Kier molecular flexibility index (Phi) is 6.46. The molecule has 4 nitrogen and oxygen atoms in total. The lowest BCUT2D eigenvalue weighted by Gasteiger charge is -2.28. The van der Waals surface area contributed by atoms with E-state index < -0.39 is 0 Å². The Morgan fingerprint density at radius 3 is 2.95 bits per heavy atom. The van der Waals surface area contributed by atoms with Crippen molar-refractivity contribution in [2.75, 3.05) is 13.7 Å². The van der Waals surface area contributed by atoms with E-state index in [-0.39, 0.29) is 6.10 Å². The van der Waals surface area contributed by atoms with E-state index in [0.717, 1.165) is 44.5 Å². The van der Waals surface area contributed by atoms with Crippen LogP contribution < -0.4 is 10.1 Å². The highest BCUT2D eigenvalue weighted by Gasteiger charge is 2.23. The predicted octanol–water partition coefficient (Wildman–Crippen LogP) is 3.48. The van der Waals surface area contributed by atoms with Crippen molar-refractivity contribution >= 4 is 0 Å². The average molecular weight is 292 g/mol. The van der Waals surface area contributed by atoms with Crippen molar-refractivity contribution in [2.45, 2.75) is 64.2 Å². The van der Waals surface area contributed by atoms with Gasteiger partial charge in [-0.15, -0.1) is 0 Å². The summed E-state index contributed by atoms with van der Waals surface area (Å²) in [6.07, 6.45) is 7.90. The fourth-order valence-corrected chi connectivity index (χ4v) is 2.83. The van der Waals surface area contributed by atoms with Crippen LogP contribution in [0.5, 0.6) is 5.88 Å². The number of nitrogens with one attached hydrogen (secondary N) is 1. The number of hydrogen-bond acceptors (Lipinski definition) is 4. The van der Waals surface area contributed by atoms with Crippen LogP contribution in [0.4, 0.5) is 0 Å². The third-order valence-corrected chi connectivity index (χ3v) is 4.16. The van der Waals surface area contributed by atoms with Crippen LogP contribution in [-0.4, -0.2) is 30.8 Å². The number of nitrogens with zero attached hydrogens (tertiary/aromatic N) is 1. The maximum absolute atomic E-state index is 6.06. The maximum atomic E-state index is 6.06. The van der Waals surface area contributed by atoms with Crippen molar-refractivity contribution in [1.82, 2.24) is 10.3 Å². The number of hydrogen-bond donors (Lipinski definition) is 1. The smallest absolute Gasteiger partial charge is 0.213 e. The summed E-state index contributed by atoms with van der Waals surface area (Å²) in [5, 5.41) is 3.49. The normalized spacial score (nSPS) is 23.8. The first-order valence-corrected chi connectivity index (χ1v) is 8.11. The highest BCUT2D eigenvalue weighted by Crippen LogP contribution is 2.25. The molecule has 0 amide bonds. The van der Waals surface area contributed by atoms with Crippen LogP contribution in [0.25, 0.3) is 0 Å². The van der Waals surface area contributed by atoms with E-state index in [1.54, 1.807) is 7.11 Å². The number of methoxy groups -OCH3 is 1. The lowest BCUT2D eigenvalue weighted by Crippen LogP contribution is -2.29. The van der Waals surface area contributed by atoms with E-state index in [2.05, 4.69) is 36.3 Å². The van der Waals surface area contributed by atoms with Crippen LogP contribution in [-0.2, 0) is 4.74 Å². The van der Waals surface area contributed by atoms with Crippen LogP contribution in [0.15, 0.2) is 18.3 Å². The maximum Gasteiger partial charge on any atom is 0.213 e. The minimum atomic E-state index is 0.227. The second-order valence-corrected chi connectivity index (χ2v) is 5.87. The summed E-state index contributed by atoms with van der Waals surface area (Å²) in [5.74, 6) is 0.736. The Balaban J connectivity index is 1.94. The number of rotatable bonds is 7. The Hall–Kier alpha value is -1.13. The predicted molar refractivity (Wildman–Crippen MR) is 84.6 cm³/mol. The molecule has 0 saturated heterocycles. The molecule has 0 bridgehead atoms. The molecule has 1 aliphatic carbocycles. The van der Waals surface area contributed by atoms with Crippen molar-refractivity contribution in [3.63, 3.8) is 0 Å². The molecule has 1 aliphatic rings. The molecule has 118 valence electrons. The summed E-state index contributed by atoms with van der Waals surface area (Å²) < 4.78 is 11.5. The lowest BCUT2D eigenvalue weighted by atomic mass is 9.95. The summed E-state index contributed by atoms with van der Waals surface area (Å²) in [7, 11) is 1.78. The molecule has 0 aliphatic heterocycles. The molecule has 0 aromatic carbocycles. The quantitative estimate of drug-likeness (QED) is 0.835. The van der Waals surface area contributed by atoms with Gasteiger partial charge >= 0.3 is 0 Å². The van der Waals surface area contributed by atoms with Crippen LogP contribution in [0.3, 0.4) is 0 Å². The molecule has 0 radical (unpaired) electrons.